The fraction of sp³-hybridized carbons (Fsp3) is 0.130. The summed E-state index contributed by atoms with van der Waals surface area (Å²) in [6.07, 6.45) is -7.99. The predicted octanol–water partition coefficient (Wildman–Crippen LogP) is 7.29. The normalized spacial score (nSPS) is 15.8. The number of hydrogen-bond donors (Lipinski definition) is 1. The second-order valence-electron chi connectivity index (χ2n) is 7.39. The van der Waals surface area contributed by atoms with Crippen LogP contribution in [0.25, 0.3) is 17.0 Å². The van der Waals surface area contributed by atoms with Crippen LogP contribution in [0.15, 0.2) is 77.3 Å². The number of alkyl halides is 6. The van der Waals surface area contributed by atoms with Crippen LogP contribution in [0.4, 0.5) is 32.0 Å². The van der Waals surface area contributed by atoms with E-state index in [2.05, 4.69) is 5.32 Å². The average molecular weight is 448 g/mol. The van der Waals surface area contributed by atoms with E-state index in [9.17, 15) is 26.3 Å². The minimum atomic E-state index is -4.93. The first-order valence-electron chi connectivity index (χ1n) is 9.54. The van der Waals surface area contributed by atoms with Crippen LogP contribution < -0.4 is 5.32 Å². The van der Waals surface area contributed by atoms with Crippen molar-refractivity contribution in [1.29, 1.82) is 0 Å². The first-order valence-corrected chi connectivity index (χ1v) is 9.54. The summed E-state index contributed by atoms with van der Waals surface area (Å²) < 4.78 is 87.0. The van der Waals surface area contributed by atoms with Crippen molar-refractivity contribution in [3.8, 4) is 17.0 Å². The first-order chi connectivity index (χ1) is 15.1. The van der Waals surface area contributed by atoms with Gasteiger partial charge in [-0.05, 0) is 54.6 Å². The Bertz CT molecular complexity index is 1270. The Balaban J connectivity index is 1.57. The highest BCUT2D eigenvalue weighted by Crippen LogP contribution is 2.41. The fourth-order valence-corrected chi connectivity index (χ4v) is 3.86. The highest BCUT2D eigenvalue weighted by atomic mass is 19.4. The fourth-order valence-electron chi connectivity index (χ4n) is 3.86. The molecule has 1 atom stereocenters. The van der Waals surface area contributed by atoms with Crippen LogP contribution in [0.3, 0.4) is 0 Å². The minimum absolute atomic E-state index is 0.0876. The molecule has 4 aromatic rings. The summed E-state index contributed by atoms with van der Waals surface area (Å²) in [6, 6.07) is 15.1. The molecule has 0 amide bonds. The molecule has 0 saturated heterocycles. The van der Waals surface area contributed by atoms with Crippen molar-refractivity contribution >= 4 is 5.69 Å². The summed E-state index contributed by atoms with van der Waals surface area (Å²) in [5.41, 5.74) is -0.520. The van der Waals surface area contributed by atoms with Crippen molar-refractivity contribution in [3.63, 3.8) is 0 Å². The molecule has 32 heavy (non-hydrogen) atoms. The smallest absolute Gasteiger partial charge is 0.416 e. The highest BCUT2D eigenvalue weighted by Gasteiger charge is 2.37. The third kappa shape index (κ3) is 3.43. The Labute approximate surface area is 177 Å². The van der Waals surface area contributed by atoms with E-state index >= 15 is 0 Å². The molecule has 0 spiro atoms. The molecule has 5 rings (SSSR count). The maximum atomic E-state index is 13.2. The van der Waals surface area contributed by atoms with Crippen LogP contribution >= 0.6 is 0 Å². The van der Waals surface area contributed by atoms with Gasteiger partial charge >= 0.3 is 12.4 Å². The molecule has 2 aromatic carbocycles. The number of hydrogen-bond acceptors (Lipinski definition) is 2. The standard InChI is InChI=1S/C23H14F6N2O/c24-22(25,26)14-10-13(11-15(12-14)23(27,28)29)19-7-8-20(32-19)21-18-6-3-9-31(18)17-5-2-1-4-16(17)30-21/h1-12,21,30H/t21-/m1/s1. The van der Waals surface area contributed by atoms with Gasteiger partial charge in [-0.3, -0.25) is 0 Å². The van der Waals surface area contributed by atoms with E-state index in [1.54, 1.807) is 6.07 Å². The zero-order chi connectivity index (χ0) is 22.7. The molecule has 0 radical (unpaired) electrons. The van der Waals surface area contributed by atoms with Gasteiger partial charge in [0.25, 0.3) is 0 Å². The van der Waals surface area contributed by atoms with E-state index in [4.69, 9.17) is 4.42 Å². The molecule has 0 bridgehead atoms. The molecule has 3 heterocycles. The Morgan fingerprint density at radius 3 is 2.16 bits per heavy atom. The first kappa shape index (κ1) is 20.3. The van der Waals surface area contributed by atoms with Gasteiger partial charge in [-0.25, -0.2) is 0 Å². The van der Waals surface area contributed by atoms with Crippen LogP contribution in [0.2, 0.25) is 0 Å². The van der Waals surface area contributed by atoms with Crippen LogP contribution in [0.5, 0.6) is 0 Å². The van der Waals surface area contributed by atoms with Gasteiger partial charge in [-0.1, -0.05) is 12.1 Å². The van der Waals surface area contributed by atoms with Gasteiger partial charge in [0.2, 0.25) is 0 Å². The van der Waals surface area contributed by atoms with Crippen molar-refractivity contribution in [2.45, 2.75) is 18.4 Å². The SMILES string of the molecule is FC(F)(F)c1cc(-c2ccc([C@@H]3Nc4ccccc4-n4cccc43)o2)cc(C(F)(F)F)c1. The average Bonchev–Trinajstić information content (AvgIpc) is 3.42. The molecule has 3 nitrogen and oxygen atoms in total. The summed E-state index contributed by atoms with van der Waals surface area (Å²) in [4.78, 5) is 0. The molecular formula is C23H14F6N2O. The van der Waals surface area contributed by atoms with E-state index in [1.807, 2.05) is 47.2 Å². The molecule has 2 aromatic heterocycles. The molecule has 0 unspecified atom stereocenters. The summed E-state index contributed by atoms with van der Waals surface area (Å²) in [5.74, 6) is 0.274. The lowest BCUT2D eigenvalue weighted by Crippen LogP contribution is -2.21. The van der Waals surface area contributed by atoms with E-state index in [-0.39, 0.29) is 17.4 Å². The number of benzene rings is 2. The minimum Gasteiger partial charge on any atom is -0.458 e. The van der Waals surface area contributed by atoms with E-state index < -0.39 is 29.5 Å². The Morgan fingerprint density at radius 1 is 0.781 bits per heavy atom. The number of furan rings is 1. The number of halogens is 6. The van der Waals surface area contributed by atoms with Gasteiger partial charge in [0, 0.05) is 11.8 Å². The molecule has 0 saturated carbocycles. The van der Waals surface area contributed by atoms with Crippen LogP contribution in [0.1, 0.15) is 28.6 Å². The van der Waals surface area contributed by atoms with Crippen molar-refractivity contribution in [2.24, 2.45) is 0 Å². The van der Waals surface area contributed by atoms with Gasteiger partial charge < -0.3 is 14.3 Å². The second kappa shape index (κ2) is 6.94. The molecule has 1 N–H and O–H groups in total. The lowest BCUT2D eigenvalue weighted by atomic mass is 10.0. The van der Waals surface area contributed by atoms with Crippen LogP contribution in [0, 0.1) is 0 Å². The zero-order valence-corrected chi connectivity index (χ0v) is 16.1. The van der Waals surface area contributed by atoms with Crippen molar-refractivity contribution < 1.29 is 30.8 Å². The van der Waals surface area contributed by atoms with E-state index in [1.165, 1.54) is 6.07 Å². The Kier molecular flexibility index (Phi) is 4.40. The second-order valence-corrected chi connectivity index (χ2v) is 7.39. The maximum Gasteiger partial charge on any atom is 0.416 e. The number of aromatic nitrogens is 1. The largest absolute Gasteiger partial charge is 0.458 e. The molecule has 1 aliphatic heterocycles. The van der Waals surface area contributed by atoms with Gasteiger partial charge in [0.05, 0.1) is 28.2 Å². The predicted molar refractivity (Wildman–Crippen MR) is 105 cm³/mol. The van der Waals surface area contributed by atoms with Crippen LogP contribution in [-0.4, -0.2) is 4.57 Å². The molecular weight excluding hydrogens is 434 g/mol. The number of nitrogens with zero attached hydrogens (tertiary/aromatic N) is 1. The van der Waals surface area contributed by atoms with E-state index in [0.29, 0.717) is 17.9 Å². The summed E-state index contributed by atoms with van der Waals surface area (Å²) in [6.45, 7) is 0. The number of rotatable bonds is 2. The number of nitrogens with one attached hydrogen (secondary N) is 1. The summed E-state index contributed by atoms with van der Waals surface area (Å²) >= 11 is 0. The van der Waals surface area contributed by atoms with Crippen molar-refractivity contribution in [3.05, 3.63) is 95.5 Å². The molecule has 1 aliphatic rings. The summed E-state index contributed by atoms with van der Waals surface area (Å²) in [7, 11) is 0. The quantitative estimate of drug-likeness (QED) is 0.327. The number of anilines is 1. The van der Waals surface area contributed by atoms with Gasteiger partial charge in [-0.2, -0.15) is 26.3 Å². The van der Waals surface area contributed by atoms with Gasteiger partial charge in [0.15, 0.2) is 0 Å². The van der Waals surface area contributed by atoms with E-state index in [0.717, 1.165) is 17.1 Å². The molecule has 0 aliphatic carbocycles. The maximum absolute atomic E-state index is 13.2. The zero-order valence-electron chi connectivity index (χ0n) is 16.1. The summed E-state index contributed by atoms with van der Waals surface area (Å²) in [5, 5.41) is 3.32. The molecule has 0 fully saturated rings. The third-order valence-corrected chi connectivity index (χ3v) is 5.32. The monoisotopic (exact) mass is 448 g/mol. The highest BCUT2D eigenvalue weighted by molar-refractivity contribution is 5.67. The Morgan fingerprint density at radius 2 is 1.47 bits per heavy atom. The number of fused-ring (bicyclic) bond motifs is 3. The lowest BCUT2D eigenvalue weighted by molar-refractivity contribution is -0.143. The van der Waals surface area contributed by atoms with Gasteiger partial charge in [0.1, 0.15) is 17.6 Å². The van der Waals surface area contributed by atoms with Crippen LogP contribution in [-0.2, 0) is 12.4 Å². The van der Waals surface area contributed by atoms with Gasteiger partial charge in [-0.15, -0.1) is 0 Å². The lowest BCUT2D eigenvalue weighted by Gasteiger charge is -2.28. The third-order valence-electron chi connectivity index (χ3n) is 5.32. The Hall–Kier alpha value is -3.62. The van der Waals surface area contributed by atoms with Crippen molar-refractivity contribution in [2.75, 3.05) is 5.32 Å². The molecule has 164 valence electrons. The number of para-hydroxylation sites is 2. The topological polar surface area (TPSA) is 30.1 Å². The molecule has 9 heteroatoms. The van der Waals surface area contributed by atoms with Crippen molar-refractivity contribution in [1.82, 2.24) is 4.57 Å².